The van der Waals surface area contributed by atoms with Crippen LogP contribution in [0.1, 0.15) is 48.0 Å². The largest absolute Gasteiger partial charge is 0.458 e. The Hall–Kier alpha value is -1.39. The first-order valence-corrected chi connectivity index (χ1v) is 10.5. The van der Waals surface area contributed by atoms with Crippen LogP contribution in [0.15, 0.2) is 0 Å². The van der Waals surface area contributed by atoms with Crippen molar-refractivity contribution in [3.05, 3.63) is 0 Å². The normalized spacial score (nSPS) is 21.2. The van der Waals surface area contributed by atoms with Gasteiger partial charge in [-0.3, -0.25) is 4.18 Å². The van der Waals surface area contributed by atoms with Gasteiger partial charge in [-0.2, -0.15) is 8.42 Å². The third kappa shape index (κ3) is 9.92. The van der Waals surface area contributed by atoms with Gasteiger partial charge in [-0.25, -0.2) is 9.59 Å². The van der Waals surface area contributed by atoms with Gasteiger partial charge in [0, 0.05) is 0 Å². The molecular formula is C17H31NO8S. The lowest BCUT2D eigenvalue weighted by Gasteiger charge is -2.28. The molecule has 0 unspecified atom stereocenters. The summed E-state index contributed by atoms with van der Waals surface area (Å²) in [6.45, 7) is 10.3. The molecule has 9 nitrogen and oxygen atoms in total. The first-order valence-electron chi connectivity index (χ1n) is 8.73. The summed E-state index contributed by atoms with van der Waals surface area (Å²) in [5, 5.41) is 0. The van der Waals surface area contributed by atoms with Gasteiger partial charge in [0.1, 0.15) is 17.8 Å². The molecular weight excluding hydrogens is 378 g/mol. The lowest BCUT2D eigenvalue weighted by atomic mass is 10.2. The molecule has 1 amide bonds. The molecule has 0 aromatic carbocycles. The van der Waals surface area contributed by atoms with Crippen molar-refractivity contribution in [2.45, 2.75) is 71.3 Å². The molecule has 27 heavy (non-hydrogen) atoms. The maximum Gasteiger partial charge on any atom is 0.410 e. The van der Waals surface area contributed by atoms with E-state index in [9.17, 15) is 18.0 Å². The fourth-order valence-corrected chi connectivity index (χ4v) is 3.18. The van der Waals surface area contributed by atoms with Gasteiger partial charge in [0.15, 0.2) is 0 Å². The number of hydrogen-bond donors (Lipinski definition) is 0. The summed E-state index contributed by atoms with van der Waals surface area (Å²) in [4.78, 5) is 25.5. The summed E-state index contributed by atoms with van der Waals surface area (Å²) in [6.07, 6.45) is -0.0757. The summed E-state index contributed by atoms with van der Waals surface area (Å²) in [7, 11) is -3.66. The third-order valence-electron chi connectivity index (χ3n) is 3.27. The molecule has 1 fully saturated rings. The number of carbonyl (C=O) groups is 2. The van der Waals surface area contributed by atoms with E-state index in [2.05, 4.69) is 0 Å². The molecule has 0 radical (unpaired) electrons. The van der Waals surface area contributed by atoms with Gasteiger partial charge in [0.25, 0.3) is 10.1 Å². The number of likely N-dealkylation sites (tertiary alicyclic amines) is 1. The number of esters is 1. The number of hydrogen-bond acceptors (Lipinski definition) is 8. The van der Waals surface area contributed by atoms with Crippen LogP contribution in [0.4, 0.5) is 4.79 Å². The molecule has 0 aliphatic carbocycles. The topological polar surface area (TPSA) is 108 Å². The predicted molar refractivity (Wildman–Crippen MR) is 97.7 cm³/mol. The molecule has 1 rings (SSSR count). The van der Waals surface area contributed by atoms with Crippen LogP contribution in [0, 0.1) is 0 Å². The molecule has 1 heterocycles. The zero-order valence-electron chi connectivity index (χ0n) is 17.1. The van der Waals surface area contributed by atoms with E-state index in [1.54, 1.807) is 41.5 Å². The van der Waals surface area contributed by atoms with Crippen molar-refractivity contribution in [1.29, 1.82) is 0 Å². The Bertz CT molecular complexity index is 632. The monoisotopic (exact) mass is 409 g/mol. The molecule has 1 aliphatic heterocycles. The first-order chi connectivity index (χ1) is 12.1. The van der Waals surface area contributed by atoms with Crippen LogP contribution < -0.4 is 0 Å². The second-order valence-corrected chi connectivity index (χ2v) is 10.1. The summed E-state index contributed by atoms with van der Waals surface area (Å²) in [6, 6.07) is -0.478. The first kappa shape index (κ1) is 23.6. The van der Waals surface area contributed by atoms with E-state index in [0.717, 1.165) is 6.26 Å². The van der Waals surface area contributed by atoms with Crippen molar-refractivity contribution >= 4 is 22.2 Å². The molecule has 10 heteroatoms. The number of nitrogens with zero attached hydrogens (tertiary/aromatic N) is 1. The molecule has 0 saturated carbocycles. The summed E-state index contributed by atoms with van der Waals surface area (Å²) in [5.74, 6) is -0.520. The van der Waals surface area contributed by atoms with Gasteiger partial charge in [-0.15, -0.1) is 0 Å². The molecule has 1 aliphatic rings. The second kappa shape index (κ2) is 8.74. The van der Waals surface area contributed by atoms with E-state index in [1.165, 1.54) is 4.90 Å². The number of rotatable bonds is 6. The highest BCUT2D eigenvalue weighted by atomic mass is 32.2. The van der Waals surface area contributed by atoms with Crippen molar-refractivity contribution in [3.8, 4) is 0 Å². The van der Waals surface area contributed by atoms with Crippen LogP contribution in [0.2, 0.25) is 0 Å². The van der Waals surface area contributed by atoms with Gasteiger partial charge >= 0.3 is 12.1 Å². The standard InChI is InChI=1S/C17H31NO8S/c1-16(2,3)24-14(19)11-23-10-12-8-13(26-27(7,21)22)9-18(12)15(20)25-17(4,5)6/h12-13H,8-11H2,1-7H3/t12-,13-/m0/s1. The smallest absolute Gasteiger partial charge is 0.410 e. The summed E-state index contributed by atoms with van der Waals surface area (Å²) < 4.78 is 43.7. The van der Waals surface area contributed by atoms with E-state index < -0.39 is 45.5 Å². The van der Waals surface area contributed by atoms with Crippen molar-refractivity contribution < 1.29 is 36.4 Å². The Balaban J connectivity index is 2.70. The van der Waals surface area contributed by atoms with Crippen LogP contribution in [-0.4, -0.2) is 74.7 Å². The van der Waals surface area contributed by atoms with Gasteiger partial charge in [-0.1, -0.05) is 0 Å². The van der Waals surface area contributed by atoms with Gasteiger partial charge in [0.05, 0.1) is 31.6 Å². The Morgan fingerprint density at radius 1 is 1.04 bits per heavy atom. The third-order valence-corrected chi connectivity index (χ3v) is 3.89. The Morgan fingerprint density at radius 3 is 2.07 bits per heavy atom. The minimum absolute atomic E-state index is 0.0299. The van der Waals surface area contributed by atoms with Crippen molar-refractivity contribution in [1.82, 2.24) is 4.90 Å². The Labute approximate surface area is 161 Å². The fraction of sp³-hybridized carbons (Fsp3) is 0.882. The van der Waals surface area contributed by atoms with E-state index >= 15 is 0 Å². The average molecular weight is 410 g/mol. The van der Waals surface area contributed by atoms with Crippen molar-refractivity contribution in [2.24, 2.45) is 0 Å². The quantitative estimate of drug-likeness (QED) is 0.482. The van der Waals surface area contributed by atoms with Crippen molar-refractivity contribution in [3.63, 3.8) is 0 Å². The molecule has 0 bridgehead atoms. The average Bonchev–Trinajstić information content (AvgIpc) is 2.75. The predicted octanol–water partition coefficient (Wildman–Crippen LogP) is 1.70. The Kier molecular flexibility index (Phi) is 7.66. The maximum atomic E-state index is 12.4. The number of ether oxygens (including phenoxy) is 3. The Morgan fingerprint density at radius 2 is 1.59 bits per heavy atom. The number of carbonyl (C=O) groups excluding carboxylic acids is 2. The second-order valence-electron chi connectivity index (χ2n) is 8.55. The SMILES string of the molecule is CC(C)(C)OC(=O)COC[C@@H]1C[C@H](OS(C)(=O)=O)CN1C(=O)OC(C)(C)C. The van der Waals surface area contributed by atoms with Crippen molar-refractivity contribution in [2.75, 3.05) is 26.0 Å². The summed E-state index contributed by atoms with van der Waals surface area (Å²) >= 11 is 0. The highest BCUT2D eigenvalue weighted by Gasteiger charge is 2.39. The highest BCUT2D eigenvalue weighted by molar-refractivity contribution is 7.86. The summed E-state index contributed by atoms with van der Waals surface area (Å²) in [5.41, 5.74) is -1.32. The molecule has 0 aromatic heterocycles. The van der Waals surface area contributed by atoms with Crippen LogP contribution in [0.5, 0.6) is 0 Å². The minimum Gasteiger partial charge on any atom is -0.458 e. The van der Waals surface area contributed by atoms with E-state index in [-0.39, 0.29) is 26.2 Å². The molecule has 158 valence electrons. The van der Waals surface area contributed by atoms with Crippen LogP contribution in [0.3, 0.4) is 0 Å². The maximum absolute atomic E-state index is 12.4. The van der Waals surface area contributed by atoms with Gasteiger partial charge < -0.3 is 19.1 Å². The molecule has 1 saturated heterocycles. The van der Waals surface area contributed by atoms with E-state index in [1.807, 2.05) is 0 Å². The molecule has 0 N–H and O–H groups in total. The van der Waals surface area contributed by atoms with Crippen LogP contribution in [0.25, 0.3) is 0 Å². The fourth-order valence-electron chi connectivity index (χ4n) is 2.54. The van der Waals surface area contributed by atoms with Gasteiger partial charge in [-0.05, 0) is 48.0 Å². The highest BCUT2D eigenvalue weighted by Crippen LogP contribution is 2.24. The zero-order chi connectivity index (χ0) is 21.0. The lowest BCUT2D eigenvalue weighted by Crippen LogP contribution is -2.42. The van der Waals surface area contributed by atoms with Gasteiger partial charge in [0.2, 0.25) is 0 Å². The molecule has 2 atom stereocenters. The molecule has 0 spiro atoms. The van der Waals surface area contributed by atoms with E-state index in [0.29, 0.717) is 0 Å². The zero-order valence-corrected chi connectivity index (χ0v) is 17.9. The number of amides is 1. The van der Waals surface area contributed by atoms with E-state index in [4.69, 9.17) is 18.4 Å². The molecule has 0 aromatic rings. The van der Waals surface area contributed by atoms with Crippen LogP contribution >= 0.6 is 0 Å². The van der Waals surface area contributed by atoms with Crippen LogP contribution in [-0.2, 0) is 33.3 Å². The minimum atomic E-state index is -3.66. The lowest BCUT2D eigenvalue weighted by molar-refractivity contribution is -0.160.